The molecule has 0 fully saturated rings. The molecule has 0 amide bonds. The number of imidazole rings is 1. The van der Waals surface area contributed by atoms with E-state index in [-0.39, 0.29) is 5.54 Å². The minimum atomic E-state index is 0.149. The lowest BCUT2D eigenvalue weighted by atomic mass is 9.94. The highest BCUT2D eigenvalue weighted by Gasteiger charge is 2.25. The summed E-state index contributed by atoms with van der Waals surface area (Å²) in [6.07, 6.45) is 4.27. The summed E-state index contributed by atoms with van der Waals surface area (Å²) in [7, 11) is 0. The Bertz CT molecular complexity index is 369. The van der Waals surface area contributed by atoms with Crippen molar-refractivity contribution in [3.63, 3.8) is 0 Å². The fraction of sp³-hybridized carbons (Fsp3) is 0.750. The average Bonchev–Trinajstić information content (AvgIpc) is 2.60. The molecule has 0 aromatic carbocycles. The van der Waals surface area contributed by atoms with Gasteiger partial charge in [-0.15, -0.1) is 0 Å². The molecule has 0 spiro atoms. The number of rotatable bonds is 4. The van der Waals surface area contributed by atoms with Crippen molar-refractivity contribution >= 4 is 12.2 Å². The zero-order chi connectivity index (χ0) is 11.6. The highest BCUT2D eigenvalue weighted by atomic mass is 32.1. The quantitative estimate of drug-likeness (QED) is 0.763. The van der Waals surface area contributed by atoms with E-state index in [1.54, 1.807) is 0 Å². The molecule has 0 atom stereocenters. The Balaban J connectivity index is 3.34. The highest BCUT2D eigenvalue weighted by Crippen LogP contribution is 2.29. The molecule has 0 aliphatic heterocycles. The second kappa shape index (κ2) is 4.52. The van der Waals surface area contributed by atoms with Crippen LogP contribution >= 0.6 is 12.2 Å². The third-order valence-electron chi connectivity index (χ3n) is 3.46. The molecule has 2 nitrogen and oxygen atoms in total. The van der Waals surface area contributed by atoms with Crippen LogP contribution in [0.4, 0.5) is 0 Å². The van der Waals surface area contributed by atoms with Gasteiger partial charge in [0.1, 0.15) is 0 Å². The Morgan fingerprint density at radius 3 is 2.33 bits per heavy atom. The van der Waals surface area contributed by atoms with Crippen molar-refractivity contribution in [2.75, 3.05) is 0 Å². The van der Waals surface area contributed by atoms with Gasteiger partial charge in [0.25, 0.3) is 0 Å². The van der Waals surface area contributed by atoms with E-state index in [1.165, 1.54) is 5.69 Å². The van der Waals surface area contributed by atoms with Gasteiger partial charge in [0.05, 0.1) is 0 Å². The van der Waals surface area contributed by atoms with E-state index in [4.69, 9.17) is 12.2 Å². The molecule has 15 heavy (non-hydrogen) atoms. The topological polar surface area (TPSA) is 20.7 Å². The molecule has 1 aromatic heterocycles. The third-order valence-corrected chi connectivity index (χ3v) is 3.76. The molecule has 0 saturated carbocycles. The first-order valence-electron chi connectivity index (χ1n) is 5.77. The van der Waals surface area contributed by atoms with Gasteiger partial charge < -0.3 is 9.55 Å². The smallest absolute Gasteiger partial charge is 0.177 e. The number of aromatic amines is 1. The molecule has 1 N–H and O–H groups in total. The first kappa shape index (κ1) is 12.5. The van der Waals surface area contributed by atoms with Crippen LogP contribution in [0.15, 0.2) is 6.20 Å². The summed E-state index contributed by atoms with van der Waals surface area (Å²) in [5.41, 5.74) is 1.46. The standard InChI is InChI=1S/C12H22N2S/c1-6-12(5,7-2)14-10(9(3)4)8-13-11(14)15/h8-9H,6-7H2,1-5H3,(H,13,15). The number of nitrogens with zero attached hydrogens (tertiary/aromatic N) is 1. The fourth-order valence-electron chi connectivity index (χ4n) is 1.93. The largest absolute Gasteiger partial charge is 0.337 e. The summed E-state index contributed by atoms with van der Waals surface area (Å²) in [6, 6.07) is 0. The van der Waals surface area contributed by atoms with Crippen LogP contribution in [0.25, 0.3) is 0 Å². The van der Waals surface area contributed by atoms with Gasteiger partial charge in [-0.3, -0.25) is 0 Å². The minimum Gasteiger partial charge on any atom is -0.337 e. The summed E-state index contributed by atoms with van der Waals surface area (Å²) in [4.78, 5) is 3.17. The van der Waals surface area contributed by atoms with Gasteiger partial charge >= 0.3 is 0 Å². The lowest BCUT2D eigenvalue weighted by Crippen LogP contribution is -2.30. The normalized spacial score (nSPS) is 12.4. The van der Waals surface area contributed by atoms with Crippen LogP contribution in [0.5, 0.6) is 0 Å². The molecule has 0 aliphatic carbocycles. The molecule has 1 rings (SSSR count). The van der Waals surface area contributed by atoms with E-state index >= 15 is 0 Å². The molecule has 3 heteroatoms. The Hall–Kier alpha value is -0.570. The van der Waals surface area contributed by atoms with Crippen molar-refractivity contribution < 1.29 is 0 Å². The molecular formula is C12H22N2S. The van der Waals surface area contributed by atoms with Crippen LogP contribution in [0.2, 0.25) is 0 Å². The SMILES string of the molecule is CCC(C)(CC)n1c(C(C)C)c[nH]c1=S. The van der Waals surface area contributed by atoms with Crippen molar-refractivity contribution in [2.24, 2.45) is 0 Å². The van der Waals surface area contributed by atoms with Gasteiger partial charge in [-0.1, -0.05) is 27.7 Å². The summed E-state index contributed by atoms with van der Waals surface area (Å²) < 4.78 is 3.15. The van der Waals surface area contributed by atoms with Gasteiger partial charge in [0, 0.05) is 17.4 Å². The van der Waals surface area contributed by atoms with Crippen molar-refractivity contribution in [1.82, 2.24) is 9.55 Å². The van der Waals surface area contributed by atoms with E-state index in [2.05, 4.69) is 50.4 Å². The number of H-pyrrole nitrogens is 1. The maximum atomic E-state index is 5.38. The van der Waals surface area contributed by atoms with Crippen molar-refractivity contribution in [3.8, 4) is 0 Å². The number of hydrogen-bond donors (Lipinski definition) is 1. The van der Waals surface area contributed by atoms with Crippen LogP contribution < -0.4 is 0 Å². The zero-order valence-corrected chi connectivity index (χ0v) is 11.2. The lowest BCUT2D eigenvalue weighted by Gasteiger charge is -2.31. The number of aromatic nitrogens is 2. The molecule has 0 saturated heterocycles. The molecule has 86 valence electrons. The zero-order valence-electron chi connectivity index (χ0n) is 10.4. The van der Waals surface area contributed by atoms with Gasteiger partial charge in [-0.25, -0.2) is 0 Å². The van der Waals surface area contributed by atoms with Crippen LogP contribution in [0.1, 0.15) is 59.1 Å². The lowest BCUT2D eigenvalue weighted by molar-refractivity contribution is 0.280. The van der Waals surface area contributed by atoms with Gasteiger partial charge in [0.2, 0.25) is 0 Å². The summed E-state index contributed by atoms with van der Waals surface area (Å²) in [6.45, 7) is 11.1. The Kier molecular flexibility index (Phi) is 3.77. The summed E-state index contributed by atoms with van der Waals surface area (Å²) >= 11 is 5.38. The van der Waals surface area contributed by atoms with Crippen LogP contribution in [0.3, 0.4) is 0 Å². The first-order valence-corrected chi connectivity index (χ1v) is 6.18. The predicted octanol–water partition coefficient (Wildman–Crippen LogP) is 4.20. The molecule has 1 aromatic rings. The average molecular weight is 226 g/mol. The second-order valence-electron chi connectivity index (χ2n) is 4.71. The first-order chi connectivity index (χ1) is 6.96. The van der Waals surface area contributed by atoms with E-state index < -0.39 is 0 Å². The monoisotopic (exact) mass is 226 g/mol. The minimum absolute atomic E-state index is 0.149. The van der Waals surface area contributed by atoms with Crippen LogP contribution in [0, 0.1) is 4.77 Å². The Morgan fingerprint density at radius 1 is 1.40 bits per heavy atom. The number of nitrogens with one attached hydrogen (secondary N) is 1. The van der Waals surface area contributed by atoms with Gasteiger partial charge in [-0.05, 0) is 37.9 Å². The van der Waals surface area contributed by atoms with Crippen LogP contribution in [-0.4, -0.2) is 9.55 Å². The molecule has 0 unspecified atom stereocenters. The Morgan fingerprint density at radius 2 is 1.93 bits per heavy atom. The third kappa shape index (κ3) is 2.17. The van der Waals surface area contributed by atoms with Crippen LogP contribution in [-0.2, 0) is 5.54 Å². The van der Waals surface area contributed by atoms with E-state index in [9.17, 15) is 0 Å². The predicted molar refractivity (Wildman–Crippen MR) is 67.9 cm³/mol. The number of hydrogen-bond acceptors (Lipinski definition) is 1. The van der Waals surface area contributed by atoms with E-state index in [1.807, 2.05) is 0 Å². The Labute approximate surface area is 97.7 Å². The maximum Gasteiger partial charge on any atom is 0.177 e. The second-order valence-corrected chi connectivity index (χ2v) is 5.10. The molecule has 0 aliphatic rings. The summed E-state index contributed by atoms with van der Waals surface area (Å²) in [5, 5.41) is 0. The maximum absolute atomic E-state index is 5.38. The van der Waals surface area contributed by atoms with Crippen molar-refractivity contribution in [2.45, 2.75) is 58.9 Å². The van der Waals surface area contributed by atoms with E-state index in [0.29, 0.717) is 5.92 Å². The molecular weight excluding hydrogens is 204 g/mol. The van der Waals surface area contributed by atoms with Crippen molar-refractivity contribution in [1.29, 1.82) is 0 Å². The van der Waals surface area contributed by atoms with Gasteiger partial charge in [0.15, 0.2) is 4.77 Å². The molecule has 1 heterocycles. The van der Waals surface area contributed by atoms with Crippen molar-refractivity contribution in [3.05, 3.63) is 16.7 Å². The molecule has 0 bridgehead atoms. The fourth-order valence-corrected chi connectivity index (χ4v) is 2.31. The molecule has 0 radical (unpaired) electrons. The van der Waals surface area contributed by atoms with Gasteiger partial charge in [-0.2, -0.15) is 0 Å². The summed E-state index contributed by atoms with van der Waals surface area (Å²) in [5.74, 6) is 0.510. The van der Waals surface area contributed by atoms with E-state index in [0.717, 1.165) is 17.6 Å². The highest BCUT2D eigenvalue weighted by molar-refractivity contribution is 7.71.